The van der Waals surface area contributed by atoms with E-state index in [1.165, 1.54) is 12.0 Å². The lowest BCUT2D eigenvalue weighted by Gasteiger charge is -2.43. The monoisotopic (exact) mass is 254 g/mol. The zero-order chi connectivity index (χ0) is 13.1. The van der Waals surface area contributed by atoms with Crippen LogP contribution in [0.15, 0.2) is 54.1 Å². The molecule has 0 spiro atoms. The molecule has 2 aliphatic rings. The van der Waals surface area contributed by atoms with E-state index in [0.29, 0.717) is 13.0 Å². The van der Waals surface area contributed by atoms with Gasteiger partial charge in [0.15, 0.2) is 5.78 Å². The number of benzene rings is 1. The van der Waals surface area contributed by atoms with Crippen molar-refractivity contribution in [2.45, 2.75) is 37.9 Å². The highest BCUT2D eigenvalue weighted by molar-refractivity contribution is 5.93. The maximum absolute atomic E-state index is 11.6. The molecule has 1 fully saturated rings. The SMILES string of the molecule is O=C1C=C(C2(OCc3ccccc3)CCC2)C=CC1. The molecular formula is C17H18O2. The summed E-state index contributed by atoms with van der Waals surface area (Å²) in [5.74, 6) is 0.187. The summed E-state index contributed by atoms with van der Waals surface area (Å²) < 4.78 is 6.17. The maximum Gasteiger partial charge on any atom is 0.159 e. The Morgan fingerprint density at radius 3 is 2.58 bits per heavy atom. The summed E-state index contributed by atoms with van der Waals surface area (Å²) in [4.78, 5) is 11.6. The van der Waals surface area contributed by atoms with Gasteiger partial charge in [0, 0.05) is 6.42 Å². The van der Waals surface area contributed by atoms with Gasteiger partial charge in [0.1, 0.15) is 0 Å². The number of ether oxygens (including phenoxy) is 1. The molecule has 0 heterocycles. The van der Waals surface area contributed by atoms with Gasteiger partial charge in [-0.05, 0) is 36.5 Å². The third-order valence-electron chi connectivity index (χ3n) is 3.98. The first-order chi connectivity index (χ1) is 9.28. The molecule has 1 aromatic carbocycles. The second-order valence-electron chi connectivity index (χ2n) is 5.29. The number of ketones is 1. The van der Waals surface area contributed by atoms with Crippen LogP contribution in [-0.4, -0.2) is 11.4 Å². The minimum atomic E-state index is -0.220. The van der Waals surface area contributed by atoms with Crippen LogP contribution in [0.25, 0.3) is 0 Å². The fraction of sp³-hybridized carbons (Fsp3) is 0.353. The van der Waals surface area contributed by atoms with Gasteiger partial charge in [-0.2, -0.15) is 0 Å². The molecule has 0 amide bonds. The third kappa shape index (κ3) is 2.54. The van der Waals surface area contributed by atoms with E-state index in [1.54, 1.807) is 6.08 Å². The Hall–Kier alpha value is -1.67. The molecule has 2 heteroatoms. The van der Waals surface area contributed by atoms with Crippen molar-refractivity contribution in [1.29, 1.82) is 0 Å². The Bertz CT molecular complexity index is 521. The molecule has 0 aliphatic heterocycles. The summed E-state index contributed by atoms with van der Waals surface area (Å²) in [6.07, 6.45) is 9.51. The Morgan fingerprint density at radius 1 is 1.16 bits per heavy atom. The molecule has 0 aromatic heterocycles. The van der Waals surface area contributed by atoms with Gasteiger partial charge >= 0.3 is 0 Å². The molecule has 0 unspecified atom stereocenters. The lowest BCUT2D eigenvalue weighted by molar-refractivity contribution is -0.114. The van der Waals surface area contributed by atoms with Gasteiger partial charge < -0.3 is 4.74 Å². The molecule has 3 rings (SSSR count). The first-order valence-corrected chi connectivity index (χ1v) is 6.88. The highest BCUT2D eigenvalue weighted by Crippen LogP contribution is 2.43. The van der Waals surface area contributed by atoms with Crippen LogP contribution in [0.3, 0.4) is 0 Å². The van der Waals surface area contributed by atoms with E-state index in [-0.39, 0.29) is 11.4 Å². The second-order valence-corrected chi connectivity index (χ2v) is 5.29. The Morgan fingerprint density at radius 2 is 1.95 bits per heavy atom. The van der Waals surface area contributed by atoms with Crippen molar-refractivity contribution in [2.24, 2.45) is 0 Å². The number of rotatable bonds is 4. The van der Waals surface area contributed by atoms with Crippen molar-refractivity contribution in [1.82, 2.24) is 0 Å². The van der Waals surface area contributed by atoms with E-state index < -0.39 is 0 Å². The number of hydrogen-bond acceptors (Lipinski definition) is 2. The van der Waals surface area contributed by atoms with Crippen LogP contribution in [0.5, 0.6) is 0 Å². The summed E-state index contributed by atoms with van der Waals surface area (Å²) in [5, 5.41) is 0. The van der Waals surface area contributed by atoms with E-state index in [2.05, 4.69) is 18.2 Å². The predicted molar refractivity (Wildman–Crippen MR) is 74.7 cm³/mol. The van der Waals surface area contributed by atoms with Crippen LogP contribution in [0, 0.1) is 0 Å². The highest BCUT2D eigenvalue weighted by Gasteiger charge is 2.41. The summed E-state index contributed by atoms with van der Waals surface area (Å²) in [5.41, 5.74) is 2.02. The molecule has 98 valence electrons. The molecule has 0 bridgehead atoms. The molecule has 19 heavy (non-hydrogen) atoms. The van der Waals surface area contributed by atoms with Crippen LogP contribution in [-0.2, 0) is 16.1 Å². The van der Waals surface area contributed by atoms with Crippen molar-refractivity contribution in [3.63, 3.8) is 0 Å². The zero-order valence-electron chi connectivity index (χ0n) is 11.0. The number of allylic oxidation sites excluding steroid dienone is 2. The predicted octanol–water partition coefficient (Wildman–Crippen LogP) is 3.58. The summed E-state index contributed by atoms with van der Waals surface area (Å²) in [6, 6.07) is 10.2. The summed E-state index contributed by atoms with van der Waals surface area (Å²) >= 11 is 0. The average Bonchev–Trinajstić information content (AvgIpc) is 2.39. The Labute approximate surface area is 113 Å². The molecule has 0 atom stereocenters. The molecule has 1 aromatic rings. The Balaban J connectivity index is 1.73. The van der Waals surface area contributed by atoms with Crippen molar-refractivity contribution >= 4 is 5.78 Å². The third-order valence-corrected chi connectivity index (χ3v) is 3.98. The van der Waals surface area contributed by atoms with Crippen molar-refractivity contribution in [3.05, 3.63) is 59.7 Å². The highest BCUT2D eigenvalue weighted by atomic mass is 16.5. The van der Waals surface area contributed by atoms with Crippen LogP contribution in [0.2, 0.25) is 0 Å². The molecule has 0 N–H and O–H groups in total. The van der Waals surface area contributed by atoms with Crippen LogP contribution in [0.4, 0.5) is 0 Å². The molecular weight excluding hydrogens is 236 g/mol. The zero-order valence-corrected chi connectivity index (χ0v) is 11.0. The minimum absolute atomic E-state index is 0.187. The number of carbonyl (C=O) groups is 1. The van der Waals surface area contributed by atoms with Gasteiger partial charge in [-0.15, -0.1) is 0 Å². The number of hydrogen-bond donors (Lipinski definition) is 0. The summed E-state index contributed by atoms with van der Waals surface area (Å²) in [7, 11) is 0. The minimum Gasteiger partial charge on any atom is -0.366 e. The van der Waals surface area contributed by atoms with E-state index >= 15 is 0 Å². The van der Waals surface area contributed by atoms with Crippen molar-refractivity contribution in [3.8, 4) is 0 Å². The standard InChI is InChI=1S/C17H18O2/c18-16-9-4-8-15(12-16)17(10-5-11-17)19-13-14-6-2-1-3-7-14/h1-4,6-8,12H,5,9-11,13H2. The fourth-order valence-corrected chi connectivity index (χ4v) is 2.68. The van der Waals surface area contributed by atoms with Crippen molar-refractivity contribution in [2.75, 3.05) is 0 Å². The van der Waals surface area contributed by atoms with E-state index in [1.807, 2.05) is 24.3 Å². The first kappa shape index (κ1) is 12.4. The van der Waals surface area contributed by atoms with Gasteiger partial charge in [-0.1, -0.05) is 42.5 Å². The normalized spacial score (nSPS) is 20.8. The number of carbonyl (C=O) groups excluding carboxylic acids is 1. The average molecular weight is 254 g/mol. The first-order valence-electron chi connectivity index (χ1n) is 6.88. The van der Waals surface area contributed by atoms with Crippen LogP contribution < -0.4 is 0 Å². The quantitative estimate of drug-likeness (QED) is 0.821. The van der Waals surface area contributed by atoms with Crippen LogP contribution in [0.1, 0.15) is 31.2 Å². The van der Waals surface area contributed by atoms with Gasteiger partial charge in [-0.25, -0.2) is 0 Å². The van der Waals surface area contributed by atoms with Gasteiger partial charge in [0.25, 0.3) is 0 Å². The van der Waals surface area contributed by atoms with Crippen molar-refractivity contribution < 1.29 is 9.53 Å². The van der Waals surface area contributed by atoms with Gasteiger partial charge in [0.05, 0.1) is 12.2 Å². The Kier molecular flexibility index (Phi) is 3.34. The second kappa shape index (κ2) is 5.14. The molecule has 2 aliphatic carbocycles. The molecule has 0 saturated heterocycles. The fourth-order valence-electron chi connectivity index (χ4n) is 2.68. The maximum atomic E-state index is 11.6. The molecule has 2 nitrogen and oxygen atoms in total. The van der Waals surface area contributed by atoms with Crippen LogP contribution >= 0.6 is 0 Å². The van der Waals surface area contributed by atoms with E-state index in [4.69, 9.17) is 4.74 Å². The van der Waals surface area contributed by atoms with E-state index in [0.717, 1.165) is 18.4 Å². The largest absolute Gasteiger partial charge is 0.366 e. The van der Waals surface area contributed by atoms with Gasteiger partial charge in [-0.3, -0.25) is 4.79 Å². The smallest absolute Gasteiger partial charge is 0.159 e. The van der Waals surface area contributed by atoms with Gasteiger partial charge in [0.2, 0.25) is 0 Å². The molecule has 0 radical (unpaired) electrons. The lowest BCUT2D eigenvalue weighted by Crippen LogP contribution is -2.42. The molecule has 1 saturated carbocycles. The lowest BCUT2D eigenvalue weighted by atomic mass is 9.73. The summed E-state index contributed by atoms with van der Waals surface area (Å²) in [6.45, 7) is 0.611. The van der Waals surface area contributed by atoms with E-state index in [9.17, 15) is 4.79 Å². The topological polar surface area (TPSA) is 26.3 Å².